The summed E-state index contributed by atoms with van der Waals surface area (Å²) in [5.74, 6) is 0.312. The van der Waals surface area contributed by atoms with E-state index in [2.05, 4.69) is 15.6 Å². The Bertz CT molecular complexity index is 823. The van der Waals surface area contributed by atoms with E-state index in [0.717, 1.165) is 28.1 Å². The molecule has 142 valence electrons. The molecule has 1 unspecified atom stereocenters. The number of hydrogen-bond acceptors (Lipinski definition) is 5. The number of amidine groups is 1. The second-order valence-electron chi connectivity index (χ2n) is 6.63. The largest absolute Gasteiger partial charge is 0.391 e. The molecule has 0 aromatic heterocycles. The molecule has 1 aromatic carbocycles. The molecule has 0 saturated heterocycles. The lowest BCUT2D eigenvalue weighted by Crippen LogP contribution is -2.40. The SMILES string of the molecule is CNC1=C(C(=N)Nc2ccc(C3=CCC(O)N=C3)cc2)CN(C(C)=O)CC1. The molecule has 1 amide bonds. The van der Waals surface area contributed by atoms with Crippen LogP contribution < -0.4 is 10.6 Å². The minimum absolute atomic E-state index is 0.0207. The number of dihydropyridines is 1. The number of allylic oxidation sites excluding steroid dienone is 1. The van der Waals surface area contributed by atoms with E-state index in [4.69, 9.17) is 5.41 Å². The summed E-state index contributed by atoms with van der Waals surface area (Å²) in [5, 5.41) is 24.2. The minimum Gasteiger partial charge on any atom is -0.391 e. The molecule has 0 bridgehead atoms. The molecule has 0 spiro atoms. The van der Waals surface area contributed by atoms with Gasteiger partial charge in [-0.2, -0.15) is 0 Å². The van der Waals surface area contributed by atoms with Crippen molar-refractivity contribution >= 4 is 29.2 Å². The number of anilines is 1. The molecule has 2 heterocycles. The van der Waals surface area contributed by atoms with Crippen LogP contribution in [-0.4, -0.2) is 54.3 Å². The first-order valence-electron chi connectivity index (χ1n) is 9.01. The van der Waals surface area contributed by atoms with Gasteiger partial charge in [0, 0.05) is 56.5 Å². The van der Waals surface area contributed by atoms with Gasteiger partial charge in [0.15, 0.2) is 0 Å². The predicted molar refractivity (Wildman–Crippen MR) is 108 cm³/mol. The van der Waals surface area contributed by atoms with Crippen LogP contribution in [0.1, 0.15) is 25.3 Å². The summed E-state index contributed by atoms with van der Waals surface area (Å²) in [7, 11) is 1.84. The van der Waals surface area contributed by atoms with Crippen molar-refractivity contribution in [1.82, 2.24) is 10.2 Å². The maximum atomic E-state index is 11.7. The zero-order chi connectivity index (χ0) is 19.4. The highest BCUT2D eigenvalue weighted by molar-refractivity contribution is 6.11. The van der Waals surface area contributed by atoms with Crippen LogP contribution in [0.5, 0.6) is 0 Å². The first-order chi connectivity index (χ1) is 13.0. The van der Waals surface area contributed by atoms with E-state index in [0.29, 0.717) is 31.8 Å². The van der Waals surface area contributed by atoms with E-state index >= 15 is 0 Å². The highest BCUT2D eigenvalue weighted by Gasteiger charge is 2.23. The highest BCUT2D eigenvalue weighted by atomic mass is 16.3. The van der Waals surface area contributed by atoms with E-state index in [9.17, 15) is 9.90 Å². The van der Waals surface area contributed by atoms with Crippen molar-refractivity contribution in [2.75, 3.05) is 25.5 Å². The van der Waals surface area contributed by atoms with Gasteiger partial charge in [-0.3, -0.25) is 15.2 Å². The number of amides is 1. The van der Waals surface area contributed by atoms with Crippen LogP contribution in [0, 0.1) is 5.41 Å². The van der Waals surface area contributed by atoms with Crippen molar-refractivity contribution in [2.45, 2.75) is 26.0 Å². The minimum atomic E-state index is -0.644. The van der Waals surface area contributed by atoms with Crippen LogP contribution in [0.25, 0.3) is 5.57 Å². The maximum absolute atomic E-state index is 11.7. The second kappa shape index (κ2) is 8.18. The Hall–Kier alpha value is -2.93. The van der Waals surface area contributed by atoms with Crippen LogP contribution in [0.2, 0.25) is 0 Å². The number of hydrogen-bond donors (Lipinski definition) is 4. The van der Waals surface area contributed by atoms with Crippen LogP contribution in [-0.2, 0) is 4.79 Å². The van der Waals surface area contributed by atoms with E-state index < -0.39 is 6.23 Å². The zero-order valence-corrected chi connectivity index (χ0v) is 15.6. The Morgan fingerprint density at radius 1 is 1.33 bits per heavy atom. The maximum Gasteiger partial charge on any atom is 0.219 e. The predicted octanol–water partition coefficient (Wildman–Crippen LogP) is 1.98. The lowest BCUT2D eigenvalue weighted by Gasteiger charge is -2.30. The van der Waals surface area contributed by atoms with E-state index in [1.54, 1.807) is 18.0 Å². The number of nitrogens with zero attached hydrogens (tertiary/aromatic N) is 2. The lowest BCUT2D eigenvalue weighted by atomic mass is 10.0. The van der Waals surface area contributed by atoms with Crippen molar-refractivity contribution in [2.24, 2.45) is 4.99 Å². The third-order valence-corrected chi connectivity index (χ3v) is 4.82. The fourth-order valence-corrected chi connectivity index (χ4v) is 3.21. The molecular formula is C20H25N5O2. The summed E-state index contributed by atoms with van der Waals surface area (Å²) in [6.45, 7) is 2.66. The van der Waals surface area contributed by atoms with Gasteiger partial charge in [0.2, 0.25) is 5.91 Å². The van der Waals surface area contributed by atoms with Crippen LogP contribution in [0.4, 0.5) is 5.69 Å². The topological polar surface area (TPSA) is 101 Å². The molecule has 2 aliphatic rings. The van der Waals surface area contributed by atoms with Gasteiger partial charge in [-0.05, 0) is 23.3 Å². The molecule has 1 aromatic rings. The molecule has 2 aliphatic heterocycles. The summed E-state index contributed by atoms with van der Waals surface area (Å²) >= 11 is 0. The van der Waals surface area contributed by atoms with Crippen LogP contribution in [0.15, 0.2) is 46.6 Å². The number of aliphatic hydroxyl groups is 1. The third-order valence-electron chi connectivity index (χ3n) is 4.82. The molecule has 7 nitrogen and oxygen atoms in total. The van der Waals surface area contributed by atoms with Gasteiger partial charge in [0.05, 0.1) is 6.54 Å². The number of carbonyl (C=O) groups is 1. The summed E-state index contributed by atoms with van der Waals surface area (Å²) in [6.07, 6.45) is 4.23. The number of nitrogens with one attached hydrogen (secondary N) is 3. The molecule has 0 fully saturated rings. The molecule has 0 saturated carbocycles. The number of benzene rings is 1. The normalized spacial score (nSPS) is 19.6. The van der Waals surface area contributed by atoms with Gasteiger partial charge in [-0.1, -0.05) is 18.2 Å². The number of aliphatic hydroxyl groups excluding tert-OH is 1. The summed E-state index contributed by atoms with van der Waals surface area (Å²) in [5.41, 5.74) is 4.59. The molecule has 0 aliphatic carbocycles. The van der Waals surface area contributed by atoms with Gasteiger partial charge < -0.3 is 20.6 Å². The van der Waals surface area contributed by atoms with Crippen molar-refractivity contribution in [1.29, 1.82) is 5.41 Å². The Kier molecular flexibility index (Phi) is 5.71. The molecule has 4 N–H and O–H groups in total. The number of aliphatic imine (C=N–C) groups is 1. The number of rotatable bonds is 4. The summed E-state index contributed by atoms with van der Waals surface area (Å²) in [4.78, 5) is 17.5. The first-order valence-corrected chi connectivity index (χ1v) is 9.01. The van der Waals surface area contributed by atoms with Gasteiger partial charge in [-0.15, -0.1) is 0 Å². The molecule has 3 rings (SSSR count). The van der Waals surface area contributed by atoms with Crippen molar-refractivity contribution in [3.05, 3.63) is 47.2 Å². The zero-order valence-electron chi connectivity index (χ0n) is 15.6. The number of carbonyl (C=O) groups excluding carboxylic acids is 1. The monoisotopic (exact) mass is 367 g/mol. The average Bonchev–Trinajstić information content (AvgIpc) is 2.68. The average molecular weight is 367 g/mol. The fraction of sp³-hybridized carbons (Fsp3) is 0.350. The van der Waals surface area contributed by atoms with Crippen LogP contribution >= 0.6 is 0 Å². The van der Waals surface area contributed by atoms with Crippen LogP contribution in [0.3, 0.4) is 0 Å². The van der Waals surface area contributed by atoms with Gasteiger partial charge >= 0.3 is 0 Å². The summed E-state index contributed by atoms with van der Waals surface area (Å²) in [6, 6.07) is 7.74. The standard InChI is InChI=1S/C20H25N5O2/c1-13(26)25-10-9-18(22-2)17(12-25)20(21)24-16-6-3-14(4-7-16)15-5-8-19(27)23-11-15/h3-7,11,19,22,27H,8-10,12H2,1-2H3,(H2,21,24). The van der Waals surface area contributed by atoms with E-state index in [1.807, 2.05) is 37.4 Å². The smallest absolute Gasteiger partial charge is 0.219 e. The van der Waals surface area contributed by atoms with Crippen molar-refractivity contribution < 1.29 is 9.90 Å². The summed E-state index contributed by atoms with van der Waals surface area (Å²) < 4.78 is 0. The van der Waals surface area contributed by atoms with Gasteiger partial charge in [0.25, 0.3) is 0 Å². The molecule has 0 radical (unpaired) electrons. The first kappa shape index (κ1) is 18.8. The fourth-order valence-electron chi connectivity index (χ4n) is 3.21. The molecule has 1 atom stereocenters. The van der Waals surface area contributed by atoms with Gasteiger partial charge in [0.1, 0.15) is 12.1 Å². The Labute approximate surface area is 159 Å². The highest BCUT2D eigenvalue weighted by Crippen LogP contribution is 2.22. The third kappa shape index (κ3) is 4.43. The van der Waals surface area contributed by atoms with Crippen molar-refractivity contribution in [3.63, 3.8) is 0 Å². The van der Waals surface area contributed by atoms with Gasteiger partial charge in [-0.25, -0.2) is 0 Å². The lowest BCUT2D eigenvalue weighted by molar-refractivity contribution is -0.128. The van der Waals surface area contributed by atoms with E-state index in [1.165, 1.54) is 0 Å². The Morgan fingerprint density at radius 3 is 2.67 bits per heavy atom. The second-order valence-corrected chi connectivity index (χ2v) is 6.63. The Balaban J connectivity index is 1.71. The molecule has 27 heavy (non-hydrogen) atoms. The van der Waals surface area contributed by atoms with E-state index in [-0.39, 0.29) is 5.91 Å². The molecular weight excluding hydrogens is 342 g/mol. The Morgan fingerprint density at radius 2 is 2.07 bits per heavy atom. The molecule has 7 heteroatoms. The van der Waals surface area contributed by atoms with Crippen molar-refractivity contribution in [3.8, 4) is 0 Å². The quantitative estimate of drug-likeness (QED) is 0.483.